The first-order valence-corrected chi connectivity index (χ1v) is 6.62. The number of hydrogen-bond donors (Lipinski definition) is 1. The van der Waals surface area contributed by atoms with E-state index in [9.17, 15) is 8.42 Å². The molecule has 4 nitrogen and oxygen atoms in total. The van der Waals surface area contributed by atoms with Crippen molar-refractivity contribution in [3.8, 4) is 0 Å². The maximum atomic E-state index is 11.9. The van der Waals surface area contributed by atoms with E-state index in [-0.39, 0.29) is 11.3 Å². The van der Waals surface area contributed by atoms with Crippen molar-refractivity contribution in [2.75, 3.05) is 13.1 Å². The zero-order valence-electron chi connectivity index (χ0n) is 9.10. The molecule has 0 saturated carbocycles. The van der Waals surface area contributed by atoms with Gasteiger partial charge in [-0.05, 0) is 26.2 Å². The normalized spacial score (nSPS) is 30.1. The van der Waals surface area contributed by atoms with Crippen LogP contribution in [0.4, 0.5) is 0 Å². The average Bonchev–Trinajstić information content (AvgIpc) is 2.46. The lowest BCUT2D eigenvalue weighted by atomic mass is 10.0. The molecule has 1 aliphatic rings. The van der Waals surface area contributed by atoms with Gasteiger partial charge < -0.3 is 5.73 Å². The molecule has 0 aliphatic carbocycles. The zero-order chi connectivity index (χ0) is 10.9. The topological polar surface area (TPSA) is 63.4 Å². The summed E-state index contributed by atoms with van der Waals surface area (Å²) in [7, 11) is -3.12. The van der Waals surface area contributed by atoms with Crippen molar-refractivity contribution in [2.24, 2.45) is 11.7 Å². The third-order valence-electron chi connectivity index (χ3n) is 3.00. The van der Waals surface area contributed by atoms with Gasteiger partial charge in [0.15, 0.2) is 0 Å². The number of nitrogens with zero attached hydrogens (tertiary/aromatic N) is 1. The summed E-state index contributed by atoms with van der Waals surface area (Å²) in [5.74, 6) is 0.383. The molecule has 1 fully saturated rings. The Morgan fingerprint density at radius 2 is 2.07 bits per heavy atom. The maximum absolute atomic E-state index is 11.9. The first-order valence-electron chi connectivity index (χ1n) is 5.12. The summed E-state index contributed by atoms with van der Waals surface area (Å²) in [6.07, 6.45) is 0.924. The van der Waals surface area contributed by atoms with Crippen molar-refractivity contribution in [1.82, 2.24) is 4.31 Å². The molecule has 0 aromatic heterocycles. The van der Waals surface area contributed by atoms with Crippen molar-refractivity contribution in [3.05, 3.63) is 0 Å². The van der Waals surface area contributed by atoms with E-state index >= 15 is 0 Å². The highest BCUT2D eigenvalue weighted by Gasteiger charge is 2.38. The first-order chi connectivity index (χ1) is 6.41. The predicted molar refractivity (Wildman–Crippen MR) is 57.4 cm³/mol. The van der Waals surface area contributed by atoms with E-state index in [2.05, 4.69) is 6.92 Å². The fraction of sp³-hybridized carbons (Fsp3) is 1.00. The Morgan fingerprint density at radius 3 is 2.50 bits per heavy atom. The van der Waals surface area contributed by atoms with E-state index in [1.807, 2.05) is 0 Å². The van der Waals surface area contributed by atoms with Gasteiger partial charge in [0.25, 0.3) is 0 Å². The number of hydrogen-bond acceptors (Lipinski definition) is 3. The van der Waals surface area contributed by atoms with E-state index in [0.717, 1.165) is 6.42 Å². The van der Waals surface area contributed by atoms with Crippen molar-refractivity contribution in [3.63, 3.8) is 0 Å². The van der Waals surface area contributed by atoms with Crippen molar-refractivity contribution >= 4 is 10.0 Å². The molecule has 84 valence electrons. The number of sulfonamides is 1. The maximum Gasteiger partial charge on any atom is 0.216 e. The Balaban J connectivity index is 2.89. The van der Waals surface area contributed by atoms with Crippen LogP contribution < -0.4 is 5.73 Å². The van der Waals surface area contributed by atoms with Crippen molar-refractivity contribution in [2.45, 2.75) is 38.5 Å². The lowest BCUT2D eigenvalue weighted by molar-refractivity contribution is 0.351. The average molecular weight is 220 g/mol. The van der Waals surface area contributed by atoms with Gasteiger partial charge in [-0.2, -0.15) is 4.31 Å². The molecular formula is C9H20N2O2S. The highest BCUT2D eigenvalue weighted by atomic mass is 32.2. The van der Waals surface area contributed by atoms with Crippen LogP contribution in [0.2, 0.25) is 0 Å². The number of rotatable bonds is 3. The van der Waals surface area contributed by atoms with Gasteiger partial charge in [0.2, 0.25) is 10.0 Å². The molecule has 1 rings (SSSR count). The fourth-order valence-electron chi connectivity index (χ4n) is 1.91. The van der Waals surface area contributed by atoms with Crippen LogP contribution in [0.1, 0.15) is 27.2 Å². The summed E-state index contributed by atoms with van der Waals surface area (Å²) in [5, 5.41) is -0.346. The van der Waals surface area contributed by atoms with Gasteiger partial charge in [-0.3, -0.25) is 0 Å². The molecule has 5 heteroatoms. The molecule has 1 aliphatic heterocycles. The van der Waals surface area contributed by atoms with Gasteiger partial charge in [0.1, 0.15) is 0 Å². The Labute approximate surface area is 86.5 Å². The molecule has 0 aromatic carbocycles. The number of nitrogens with two attached hydrogens (primary N) is 1. The Hall–Kier alpha value is -0.130. The third-order valence-corrected chi connectivity index (χ3v) is 5.29. The molecular weight excluding hydrogens is 200 g/mol. The molecule has 0 amide bonds. The Bertz CT molecular complexity index is 287. The molecule has 0 spiro atoms. The van der Waals surface area contributed by atoms with E-state index in [0.29, 0.717) is 19.0 Å². The summed E-state index contributed by atoms with van der Waals surface area (Å²) in [6, 6.07) is 0.00222. The third kappa shape index (κ3) is 1.94. The first kappa shape index (κ1) is 11.9. The second-order valence-corrected chi connectivity index (χ2v) is 6.72. The fourth-order valence-corrected chi connectivity index (χ4v) is 3.48. The Kier molecular flexibility index (Phi) is 3.55. The highest BCUT2D eigenvalue weighted by Crippen LogP contribution is 2.27. The second kappa shape index (κ2) is 4.16. The zero-order valence-corrected chi connectivity index (χ0v) is 9.92. The summed E-state index contributed by atoms with van der Waals surface area (Å²) < 4.78 is 25.4. The van der Waals surface area contributed by atoms with E-state index in [1.165, 1.54) is 0 Å². The van der Waals surface area contributed by atoms with Crippen LogP contribution in [-0.2, 0) is 10.0 Å². The summed E-state index contributed by atoms with van der Waals surface area (Å²) in [5.41, 5.74) is 5.61. The Morgan fingerprint density at radius 1 is 1.50 bits per heavy atom. The van der Waals surface area contributed by atoms with Crippen LogP contribution in [0.25, 0.3) is 0 Å². The molecule has 1 heterocycles. The van der Waals surface area contributed by atoms with Crippen LogP contribution in [0, 0.1) is 5.92 Å². The van der Waals surface area contributed by atoms with E-state index < -0.39 is 10.0 Å². The molecule has 2 atom stereocenters. The SMILES string of the molecule is CC1CCN(S(=O)(=O)C(C)C)C1CN. The smallest absolute Gasteiger partial charge is 0.216 e. The quantitative estimate of drug-likeness (QED) is 0.748. The van der Waals surface area contributed by atoms with Crippen LogP contribution in [0.15, 0.2) is 0 Å². The minimum atomic E-state index is -3.12. The van der Waals surface area contributed by atoms with Crippen LogP contribution in [0.3, 0.4) is 0 Å². The summed E-state index contributed by atoms with van der Waals surface area (Å²) >= 11 is 0. The standard InChI is InChI=1S/C9H20N2O2S/c1-7(2)14(12,13)11-5-4-8(3)9(11)6-10/h7-9H,4-6,10H2,1-3H3. The monoisotopic (exact) mass is 220 g/mol. The largest absolute Gasteiger partial charge is 0.329 e. The van der Waals surface area contributed by atoms with Crippen molar-refractivity contribution in [1.29, 1.82) is 0 Å². The van der Waals surface area contributed by atoms with Gasteiger partial charge in [0.05, 0.1) is 5.25 Å². The molecule has 0 aromatic rings. The van der Waals surface area contributed by atoms with Gasteiger partial charge in [-0.1, -0.05) is 6.92 Å². The van der Waals surface area contributed by atoms with Crippen molar-refractivity contribution < 1.29 is 8.42 Å². The van der Waals surface area contributed by atoms with E-state index in [4.69, 9.17) is 5.73 Å². The van der Waals surface area contributed by atoms with Gasteiger partial charge in [0, 0.05) is 19.1 Å². The van der Waals surface area contributed by atoms with Gasteiger partial charge in [-0.15, -0.1) is 0 Å². The summed E-state index contributed by atoms with van der Waals surface area (Å²) in [6.45, 7) is 6.54. The van der Waals surface area contributed by atoms with Gasteiger partial charge in [-0.25, -0.2) is 8.42 Å². The second-order valence-electron chi connectivity index (χ2n) is 4.27. The molecule has 2 unspecified atom stereocenters. The van der Waals surface area contributed by atoms with Crippen LogP contribution in [-0.4, -0.2) is 37.1 Å². The minimum absolute atomic E-state index is 0.00222. The summed E-state index contributed by atoms with van der Waals surface area (Å²) in [4.78, 5) is 0. The van der Waals surface area contributed by atoms with Crippen LogP contribution in [0.5, 0.6) is 0 Å². The van der Waals surface area contributed by atoms with Crippen LogP contribution >= 0.6 is 0 Å². The molecule has 0 bridgehead atoms. The van der Waals surface area contributed by atoms with E-state index in [1.54, 1.807) is 18.2 Å². The lowest BCUT2D eigenvalue weighted by Crippen LogP contribution is -2.44. The van der Waals surface area contributed by atoms with Gasteiger partial charge >= 0.3 is 0 Å². The molecule has 0 radical (unpaired) electrons. The predicted octanol–water partition coefficient (Wildman–Crippen LogP) is 0.394. The lowest BCUT2D eigenvalue weighted by Gasteiger charge is -2.26. The molecule has 14 heavy (non-hydrogen) atoms. The highest BCUT2D eigenvalue weighted by molar-refractivity contribution is 7.89. The minimum Gasteiger partial charge on any atom is -0.329 e. The molecule has 1 saturated heterocycles. The molecule has 2 N–H and O–H groups in total.